The van der Waals surface area contributed by atoms with Gasteiger partial charge in [0.25, 0.3) is 0 Å². The van der Waals surface area contributed by atoms with Gasteiger partial charge < -0.3 is 5.11 Å². The number of carbonyl (C=O) groups is 1. The minimum absolute atomic E-state index is 0.0897. The molecule has 1 aromatic rings. The first-order valence-electron chi connectivity index (χ1n) is 4.98. The first-order valence-corrected chi connectivity index (χ1v) is 5.86. The van der Waals surface area contributed by atoms with Crippen LogP contribution in [0.3, 0.4) is 0 Å². The normalized spacial score (nSPS) is 12.4. The Bertz CT molecular complexity index is 457. The Balaban J connectivity index is 3.18. The van der Waals surface area contributed by atoms with E-state index in [4.69, 9.17) is 5.11 Å². The van der Waals surface area contributed by atoms with E-state index in [2.05, 4.69) is 5.10 Å². The van der Waals surface area contributed by atoms with Gasteiger partial charge in [-0.15, -0.1) is 0 Å². The van der Waals surface area contributed by atoms with Crippen LogP contribution >= 0.6 is 11.8 Å². The highest BCUT2D eigenvalue weighted by Gasteiger charge is 2.28. The Hall–Kier alpha value is -1.57. The number of hydrogen-bond donors (Lipinski definition) is 1. The largest absolute Gasteiger partial charge is 0.480 e. The molecular formula is C9H13N3O4S. The van der Waals surface area contributed by atoms with Crippen LogP contribution in [0.15, 0.2) is 5.03 Å². The number of hydrogen-bond acceptors (Lipinski definition) is 5. The second-order valence-corrected chi connectivity index (χ2v) is 4.76. The van der Waals surface area contributed by atoms with Crippen LogP contribution < -0.4 is 0 Å². The fourth-order valence-corrected chi connectivity index (χ4v) is 2.26. The Labute approximate surface area is 102 Å². The molecule has 0 bridgehead atoms. The number of carboxylic acids is 1. The summed E-state index contributed by atoms with van der Waals surface area (Å²) in [5.41, 5.74) is 0.283. The van der Waals surface area contributed by atoms with Crippen molar-refractivity contribution in [3.63, 3.8) is 0 Å². The Morgan fingerprint density at radius 2 is 2.29 bits per heavy atom. The lowest BCUT2D eigenvalue weighted by molar-refractivity contribution is -0.388. The van der Waals surface area contributed by atoms with Crippen molar-refractivity contribution in [1.29, 1.82) is 0 Å². The minimum atomic E-state index is -1.01. The third kappa shape index (κ3) is 2.76. The monoisotopic (exact) mass is 259 g/mol. The van der Waals surface area contributed by atoms with Gasteiger partial charge in [0.15, 0.2) is 5.03 Å². The highest BCUT2D eigenvalue weighted by atomic mass is 32.2. The van der Waals surface area contributed by atoms with Crippen LogP contribution in [0.5, 0.6) is 0 Å². The van der Waals surface area contributed by atoms with E-state index in [0.29, 0.717) is 12.1 Å². The van der Waals surface area contributed by atoms with Gasteiger partial charge in [-0.25, -0.2) is 0 Å². The van der Waals surface area contributed by atoms with Crippen LogP contribution in [0.2, 0.25) is 0 Å². The van der Waals surface area contributed by atoms with Gasteiger partial charge in [-0.1, -0.05) is 18.7 Å². The first kappa shape index (κ1) is 13.5. The third-order valence-electron chi connectivity index (χ3n) is 2.19. The number of aromatic nitrogens is 2. The zero-order valence-electron chi connectivity index (χ0n) is 9.71. The van der Waals surface area contributed by atoms with Crippen LogP contribution in [0.1, 0.15) is 19.5 Å². The van der Waals surface area contributed by atoms with Crippen LogP contribution in [0.25, 0.3) is 0 Å². The lowest BCUT2D eigenvalue weighted by Crippen LogP contribution is -2.12. The standard InChI is InChI=1S/C9H13N3O4S/c1-4-6-7(12(15)16)8(11(3)10-6)17-5(2)9(13)14/h5H,4H2,1-3H3,(H,13,14). The van der Waals surface area contributed by atoms with E-state index in [0.717, 1.165) is 11.8 Å². The van der Waals surface area contributed by atoms with Gasteiger partial charge in [-0.05, 0) is 13.3 Å². The molecule has 1 unspecified atom stereocenters. The average Bonchev–Trinajstić information content (AvgIpc) is 2.55. The molecule has 0 spiro atoms. The minimum Gasteiger partial charge on any atom is -0.480 e. The molecule has 0 fully saturated rings. The summed E-state index contributed by atoms with van der Waals surface area (Å²) in [5.74, 6) is -1.01. The van der Waals surface area contributed by atoms with Crippen LogP contribution in [-0.4, -0.2) is 31.0 Å². The van der Waals surface area contributed by atoms with Crippen LogP contribution in [0, 0.1) is 10.1 Å². The zero-order chi connectivity index (χ0) is 13.2. The maximum absolute atomic E-state index is 11.0. The predicted molar refractivity (Wildman–Crippen MR) is 62.2 cm³/mol. The van der Waals surface area contributed by atoms with Gasteiger partial charge in [0.1, 0.15) is 10.9 Å². The summed E-state index contributed by atoms with van der Waals surface area (Å²) in [7, 11) is 1.57. The molecule has 0 amide bonds. The van der Waals surface area contributed by atoms with Gasteiger partial charge in [-0.3, -0.25) is 19.6 Å². The molecule has 0 aromatic carbocycles. The Morgan fingerprint density at radius 3 is 2.71 bits per heavy atom. The van der Waals surface area contributed by atoms with Crippen molar-refractivity contribution in [3.8, 4) is 0 Å². The number of thioether (sulfide) groups is 1. The molecule has 0 aliphatic rings. The highest BCUT2D eigenvalue weighted by Crippen LogP contribution is 2.34. The maximum Gasteiger partial charge on any atom is 0.323 e. The second-order valence-electron chi connectivity index (χ2n) is 3.43. The lowest BCUT2D eigenvalue weighted by atomic mass is 10.3. The number of aliphatic carboxylic acids is 1. The summed E-state index contributed by atoms with van der Waals surface area (Å²) in [4.78, 5) is 21.2. The molecule has 8 heteroatoms. The molecule has 1 heterocycles. The number of nitrogens with zero attached hydrogens (tertiary/aromatic N) is 3. The van der Waals surface area contributed by atoms with E-state index in [9.17, 15) is 14.9 Å². The van der Waals surface area contributed by atoms with E-state index in [-0.39, 0.29) is 10.7 Å². The molecule has 0 aliphatic carbocycles. The van der Waals surface area contributed by atoms with Crippen molar-refractivity contribution in [1.82, 2.24) is 9.78 Å². The summed E-state index contributed by atoms with van der Waals surface area (Å²) < 4.78 is 1.36. The van der Waals surface area contributed by atoms with Crippen molar-refractivity contribution in [2.75, 3.05) is 0 Å². The van der Waals surface area contributed by atoms with Gasteiger partial charge in [0.2, 0.25) is 0 Å². The van der Waals surface area contributed by atoms with E-state index < -0.39 is 16.1 Å². The fourth-order valence-electron chi connectivity index (χ4n) is 1.32. The summed E-state index contributed by atoms with van der Waals surface area (Å²) in [5, 5.41) is 23.3. The van der Waals surface area contributed by atoms with Gasteiger partial charge >= 0.3 is 11.7 Å². The van der Waals surface area contributed by atoms with E-state index in [1.165, 1.54) is 11.6 Å². The van der Waals surface area contributed by atoms with Crippen LogP contribution in [-0.2, 0) is 18.3 Å². The molecule has 17 heavy (non-hydrogen) atoms. The number of rotatable bonds is 5. The van der Waals surface area contributed by atoms with Crippen molar-refractivity contribution in [2.24, 2.45) is 7.05 Å². The molecule has 94 valence electrons. The van der Waals surface area contributed by atoms with Crippen molar-refractivity contribution >= 4 is 23.4 Å². The summed E-state index contributed by atoms with van der Waals surface area (Å²) in [6.45, 7) is 3.25. The van der Waals surface area contributed by atoms with Gasteiger partial charge in [0.05, 0.1) is 4.92 Å². The molecule has 0 aliphatic heterocycles. The molecule has 1 atom stereocenters. The van der Waals surface area contributed by atoms with Gasteiger partial charge in [-0.2, -0.15) is 5.10 Å². The quantitative estimate of drug-likeness (QED) is 0.488. The summed E-state index contributed by atoms with van der Waals surface area (Å²) in [6.07, 6.45) is 0.437. The Kier molecular flexibility index (Phi) is 4.11. The van der Waals surface area contributed by atoms with E-state index in [1.807, 2.05) is 0 Å². The molecule has 1 N–H and O–H groups in total. The molecule has 1 rings (SSSR count). The third-order valence-corrected chi connectivity index (χ3v) is 3.43. The van der Waals surface area contributed by atoms with E-state index in [1.54, 1.807) is 14.0 Å². The van der Waals surface area contributed by atoms with Crippen molar-refractivity contribution in [3.05, 3.63) is 15.8 Å². The molecule has 1 aromatic heterocycles. The number of nitro groups is 1. The maximum atomic E-state index is 11.0. The highest BCUT2D eigenvalue weighted by molar-refractivity contribution is 8.00. The predicted octanol–water partition coefficient (Wildman–Crippen LogP) is 1.46. The molecular weight excluding hydrogens is 246 g/mol. The molecule has 0 radical (unpaired) electrons. The SMILES string of the molecule is CCc1nn(C)c(SC(C)C(=O)O)c1[N+](=O)[O-]. The second kappa shape index (κ2) is 5.17. The summed E-state index contributed by atoms with van der Waals surface area (Å²) in [6, 6.07) is 0. The average molecular weight is 259 g/mol. The molecule has 0 saturated heterocycles. The molecule has 0 saturated carbocycles. The molecule has 7 nitrogen and oxygen atoms in total. The smallest absolute Gasteiger partial charge is 0.323 e. The van der Waals surface area contributed by atoms with Crippen molar-refractivity contribution in [2.45, 2.75) is 30.5 Å². The Morgan fingerprint density at radius 1 is 1.71 bits per heavy atom. The summed E-state index contributed by atoms with van der Waals surface area (Å²) >= 11 is 0.929. The topological polar surface area (TPSA) is 98.3 Å². The first-order chi connectivity index (χ1) is 7.88. The number of carboxylic acid groups (broad SMARTS) is 1. The zero-order valence-corrected chi connectivity index (χ0v) is 10.5. The lowest BCUT2D eigenvalue weighted by Gasteiger charge is -2.05. The van der Waals surface area contributed by atoms with E-state index >= 15 is 0 Å². The van der Waals surface area contributed by atoms with Gasteiger partial charge in [0, 0.05) is 7.05 Å². The fraction of sp³-hybridized carbons (Fsp3) is 0.556. The number of aryl methyl sites for hydroxylation is 2. The van der Waals surface area contributed by atoms with Crippen molar-refractivity contribution < 1.29 is 14.8 Å². The van der Waals surface area contributed by atoms with Crippen LogP contribution in [0.4, 0.5) is 5.69 Å².